The maximum atomic E-state index is 13.1. The molecular weight excluding hydrogens is 403 g/mol. The summed E-state index contributed by atoms with van der Waals surface area (Å²) in [5.41, 5.74) is 3.05. The average Bonchev–Trinajstić information content (AvgIpc) is 2.78. The second kappa shape index (κ2) is 8.39. The number of aliphatic carboxylic acids is 1. The van der Waals surface area contributed by atoms with Gasteiger partial charge in [-0.15, -0.1) is 0 Å². The summed E-state index contributed by atoms with van der Waals surface area (Å²) in [7, 11) is 0. The largest absolute Gasteiger partial charge is 0.481 e. The summed E-state index contributed by atoms with van der Waals surface area (Å²) in [4.78, 5) is 24.2. The van der Waals surface area contributed by atoms with E-state index in [9.17, 15) is 19.1 Å². The number of rotatable bonds is 6. The number of carbonyl (C=O) groups is 2. The van der Waals surface area contributed by atoms with E-state index in [0.717, 1.165) is 27.5 Å². The molecule has 0 saturated heterocycles. The summed E-state index contributed by atoms with van der Waals surface area (Å²) in [6, 6.07) is 24.9. The Labute approximate surface area is 186 Å². The first-order valence-corrected chi connectivity index (χ1v) is 10.4. The standard InChI is InChI=1S/C28H23FO3/c1-28(2,27(31)32)17-18-6-7-19-4-3-5-24(25(19)16-18)20-8-10-21(11-9-20)26(30)22-12-14-23(29)15-13-22/h3-16H,17H2,1-2H3,(H,31,32). The number of hydrogen-bond donors (Lipinski definition) is 1. The Kier molecular flexibility index (Phi) is 5.62. The lowest BCUT2D eigenvalue weighted by Crippen LogP contribution is -2.26. The van der Waals surface area contributed by atoms with Crippen molar-refractivity contribution in [1.82, 2.24) is 0 Å². The summed E-state index contributed by atoms with van der Waals surface area (Å²) >= 11 is 0. The molecule has 0 aliphatic heterocycles. The summed E-state index contributed by atoms with van der Waals surface area (Å²) < 4.78 is 13.1. The van der Waals surface area contributed by atoms with Gasteiger partial charge in [0.2, 0.25) is 0 Å². The van der Waals surface area contributed by atoms with E-state index in [0.29, 0.717) is 17.5 Å². The van der Waals surface area contributed by atoms with Gasteiger partial charge < -0.3 is 5.11 Å². The second-order valence-electron chi connectivity index (χ2n) is 8.64. The maximum absolute atomic E-state index is 13.1. The zero-order valence-electron chi connectivity index (χ0n) is 17.9. The van der Waals surface area contributed by atoms with Crippen molar-refractivity contribution in [3.63, 3.8) is 0 Å². The smallest absolute Gasteiger partial charge is 0.309 e. The first-order valence-electron chi connectivity index (χ1n) is 10.4. The molecule has 0 atom stereocenters. The van der Waals surface area contributed by atoms with E-state index in [1.54, 1.807) is 26.0 Å². The van der Waals surface area contributed by atoms with Gasteiger partial charge in [-0.2, -0.15) is 0 Å². The van der Waals surface area contributed by atoms with Gasteiger partial charge in [-0.05, 0) is 72.0 Å². The highest BCUT2D eigenvalue weighted by molar-refractivity contribution is 6.09. The predicted octanol–water partition coefficient (Wildman–Crippen LogP) is 6.53. The SMILES string of the molecule is CC(C)(Cc1ccc2cccc(-c3ccc(C(=O)c4ccc(F)cc4)cc3)c2c1)C(=O)O. The molecule has 3 nitrogen and oxygen atoms in total. The Morgan fingerprint density at radius 1 is 0.844 bits per heavy atom. The van der Waals surface area contributed by atoms with Gasteiger partial charge in [0.1, 0.15) is 5.82 Å². The number of halogens is 1. The molecular formula is C28H23FO3. The number of carboxylic acids is 1. The number of benzene rings is 4. The molecule has 0 fully saturated rings. The summed E-state index contributed by atoms with van der Waals surface area (Å²) in [6.07, 6.45) is 0.428. The van der Waals surface area contributed by atoms with Crippen LogP contribution in [0.2, 0.25) is 0 Å². The molecule has 0 spiro atoms. The van der Waals surface area contributed by atoms with Crippen LogP contribution in [0, 0.1) is 11.2 Å². The lowest BCUT2D eigenvalue weighted by atomic mass is 9.85. The van der Waals surface area contributed by atoms with Gasteiger partial charge in [0.05, 0.1) is 5.41 Å². The molecule has 0 unspecified atom stereocenters. The summed E-state index contributed by atoms with van der Waals surface area (Å²) in [5.74, 6) is -1.36. The third kappa shape index (κ3) is 4.30. The molecule has 0 aliphatic carbocycles. The van der Waals surface area contributed by atoms with Crippen molar-refractivity contribution in [2.45, 2.75) is 20.3 Å². The van der Waals surface area contributed by atoms with Gasteiger partial charge in [0.15, 0.2) is 5.78 Å². The fourth-order valence-corrected chi connectivity index (χ4v) is 3.84. The molecule has 32 heavy (non-hydrogen) atoms. The number of fused-ring (bicyclic) bond motifs is 1. The van der Waals surface area contributed by atoms with Crippen LogP contribution < -0.4 is 0 Å². The zero-order valence-corrected chi connectivity index (χ0v) is 17.9. The Balaban J connectivity index is 1.68. The van der Waals surface area contributed by atoms with Crippen molar-refractivity contribution < 1.29 is 19.1 Å². The van der Waals surface area contributed by atoms with E-state index < -0.39 is 11.4 Å². The van der Waals surface area contributed by atoms with Crippen LogP contribution in [0.5, 0.6) is 0 Å². The van der Waals surface area contributed by atoms with E-state index in [-0.39, 0.29) is 11.6 Å². The van der Waals surface area contributed by atoms with Gasteiger partial charge in [-0.3, -0.25) is 9.59 Å². The molecule has 0 bridgehead atoms. The average molecular weight is 426 g/mol. The van der Waals surface area contributed by atoms with Crippen LogP contribution in [0.25, 0.3) is 21.9 Å². The molecule has 4 aromatic carbocycles. The number of carbonyl (C=O) groups excluding carboxylic acids is 1. The molecule has 0 aliphatic rings. The highest BCUT2D eigenvalue weighted by Gasteiger charge is 2.27. The minimum Gasteiger partial charge on any atom is -0.481 e. The highest BCUT2D eigenvalue weighted by Crippen LogP contribution is 2.32. The van der Waals surface area contributed by atoms with Crippen LogP contribution in [-0.2, 0) is 11.2 Å². The normalized spacial score (nSPS) is 11.5. The van der Waals surface area contributed by atoms with E-state index in [4.69, 9.17) is 0 Å². The van der Waals surface area contributed by atoms with Crippen molar-refractivity contribution in [3.05, 3.63) is 107 Å². The van der Waals surface area contributed by atoms with Crippen LogP contribution in [-0.4, -0.2) is 16.9 Å². The Morgan fingerprint density at radius 2 is 1.47 bits per heavy atom. The van der Waals surface area contributed by atoms with E-state index in [2.05, 4.69) is 0 Å². The lowest BCUT2D eigenvalue weighted by Gasteiger charge is -2.19. The van der Waals surface area contributed by atoms with E-state index >= 15 is 0 Å². The fourth-order valence-electron chi connectivity index (χ4n) is 3.84. The lowest BCUT2D eigenvalue weighted by molar-refractivity contribution is -0.146. The van der Waals surface area contributed by atoms with Gasteiger partial charge in [-0.25, -0.2) is 4.39 Å². The zero-order chi connectivity index (χ0) is 22.9. The number of carboxylic acid groups (broad SMARTS) is 1. The van der Waals surface area contributed by atoms with Crippen molar-refractivity contribution in [2.24, 2.45) is 5.41 Å². The quantitative estimate of drug-likeness (QED) is 0.357. The van der Waals surface area contributed by atoms with E-state index in [1.165, 1.54) is 24.3 Å². The van der Waals surface area contributed by atoms with Crippen LogP contribution in [0.15, 0.2) is 84.9 Å². The van der Waals surface area contributed by atoms with Crippen LogP contribution in [0.3, 0.4) is 0 Å². The molecule has 4 heteroatoms. The number of hydrogen-bond acceptors (Lipinski definition) is 2. The molecule has 4 aromatic rings. The van der Waals surface area contributed by atoms with Crippen molar-refractivity contribution in [3.8, 4) is 11.1 Å². The van der Waals surface area contributed by atoms with Gasteiger partial charge in [0, 0.05) is 11.1 Å². The first-order chi connectivity index (χ1) is 15.2. The molecule has 1 N–H and O–H groups in total. The minimum absolute atomic E-state index is 0.160. The Bertz CT molecular complexity index is 1300. The van der Waals surface area contributed by atoms with Crippen LogP contribution in [0.1, 0.15) is 35.3 Å². The Hall–Kier alpha value is -3.79. The Morgan fingerprint density at radius 3 is 2.09 bits per heavy atom. The third-order valence-electron chi connectivity index (χ3n) is 5.74. The fraction of sp³-hybridized carbons (Fsp3) is 0.143. The minimum atomic E-state index is -0.856. The van der Waals surface area contributed by atoms with Gasteiger partial charge in [0.25, 0.3) is 0 Å². The van der Waals surface area contributed by atoms with Gasteiger partial charge >= 0.3 is 5.97 Å². The topological polar surface area (TPSA) is 54.4 Å². The van der Waals surface area contributed by atoms with Crippen LogP contribution in [0.4, 0.5) is 4.39 Å². The predicted molar refractivity (Wildman–Crippen MR) is 124 cm³/mol. The molecule has 0 amide bonds. The number of ketones is 1. The second-order valence-corrected chi connectivity index (χ2v) is 8.64. The first kappa shape index (κ1) is 21.4. The van der Waals surface area contributed by atoms with Crippen molar-refractivity contribution in [2.75, 3.05) is 0 Å². The molecule has 0 heterocycles. The molecule has 160 valence electrons. The molecule has 0 radical (unpaired) electrons. The molecule has 4 rings (SSSR count). The maximum Gasteiger partial charge on any atom is 0.309 e. The van der Waals surface area contributed by atoms with Crippen molar-refractivity contribution >= 4 is 22.5 Å². The van der Waals surface area contributed by atoms with Crippen molar-refractivity contribution in [1.29, 1.82) is 0 Å². The van der Waals surface area contributed by atoms with E-state index in [1.807, 2.05) is 48.5 Å². The molecule has 0 saturated carbocycles. The third-order valence-corrected chi connectivity index (χ3v) is 5.74. The summed E-state index contributed by atoms with van der Waals surface area (Å²) in [6.45, 7) is 3.45. The molecule has 0 aromatic heterocycles. The van der Waals surface area contributed by atoms with Crippen LogP contribution >= 0.6 is 0 Å². The van der Waals surface area contributed by atoms with Gasteiger partial charge in [-0.1, -0.05) is 60.7 Å². The monoisotopic (exact) mass is 426 g/mol. The summed E-state index contributed by atoms with van der Waals surface area (Å²) in [5, 5.41) is 11.6. The highest BCUT2D eigenvalue weighted by atomic mass is 19.1.